The minimum atomic E-state index is -0.0107. The van der Waals surface area contributed by atoms with Crippen LogP contribution >= 0.6 is 0 Å². The molecule has 0 saturated heterocycles. The van der Waals surface area contributed by atoms with Gasteiger partial charge in [-0.1, -0.05) is 38.8 Å². The van der Waals surface area contributed by atoms with E-state index in [9.17, 15) is 4.79 Å². The lowest BCUT2D eigenvalue weighted by molar-refractivity contribution is -0.123. The first-order chi connectivity index (χ1) is 7.97. The molecule has 0 spiro atoms. The zero-order chi connectivity index (χ0) is 12.9. The van der Waals surface area contributed by atoms with Gasteiger partial charge in [-0.3, -0.25) is 4.79 Å². The van der Waals surface area contributed by atoms with Crippen molar-refractivity contribution in [1.82, 2.24) is 5.32 Å². The van der Waals surface area contributed by atoms with Gasteiger partial charge in [0.2, 0.25) is 5.91 Å². The fourth-order valence-corrected chi connectivity index (χ4v) is 2.36. The van der Waals surface area contributed by atoms with E-state index in [1.54, 1.807) is 5.57 Å². The van der Waals surface area contributed by atoms with Crippen LogP contribution < -0.4 is 5.32 Å². The predicted octanol–water partition coefficient (Wildman–Crippen LogP) is 3.82. The lowest BCUT2D eigenvalue weighted by Crippen LogP contribution is -2.46. The minimum absolute atomic E-state index is 0.0107. The van der Waals surface area contributed by atoms with Crippen molar-refractivity contribution in [2.45, 2.75) is 71.8 Å². The summed E-state index contributed by atoms with van der Waals surface area (Å²) in [5.74, 6) is 0.867. The highest BCUT2D eigenvalue weighted by Gasteiger charge is 2.28. The maximum Gasteiger partial charge on any atom is 0.220 e. The van der Waals surface area contributed by atoms with Crippen LogP contribution in [0.3, 0.4) is 0 Å². The van der Waals surface area contributed by atoms with Gasteiger partial charge in [-0.2, -0.15) is 0 Å². The Kier molecular flexibility index (Phi) is 5.23. The summed E-state index contributed by atoms with van der Waals surface area (Å²) in [5.41, 5.74) is 1.54. The highest BCUT2D eigenvalue weighted by atomic mass is 16.1. The zero-order valence-corrected chi connectivity index (χ0v) is 11.8. The van der Waals surface area contributed by atoms with Crippen LogP contribution in [0.1, 0.15) is 66.2 Å². The Labute approximate surface area is 106 Å². The van der Waals surface area contributed by atoms with Crippen LogP contribution in [0, 0.1) is 5.92 Å². The van der Waals surface area contributed by atoms with Crippen molar-refractivity contribution in [1.29, 1.82) is 0 Å². The van der Waals surface area contributed by atoms with Gasteiger partial charge >= 0.3 is 0 Å². The quantitative estimate of drug-likeness (QED) is 0.724. The molecule has 0 saturated carbocycles. The topological polar surface area (TPSA) is 29.1 Å². The van der Waals surface area contributed by atoms with E-state index in [1.165, 1.54) is 0 Å². The van der Waals surface area contributed by atoms with Gasteiger partial charge in [0.15, 0.2) is 0 Å². The standard InChI is InChI=1S/C15H27NO/c1-5-6-7-14(17)16-15(4)10-8-13(9-11-15)12(2)3/h8,12H,5-7,9-11H2,1-4H3,(H,16,17). The van der Waals surface area contributed by atoms with Crippen molar-refractivity contribution >= 4 is 5.91 Å². The molecular weight excluding hydrogens is 210 g/mol. The van der Waals surface area contributed by atoms with Crippen LogP contribution in [0.4, 0.5) is 0 Å². The number of carbonyl (C=O) groups is 1. The van der Waals surface area contributed by atoms with Crippen molar-refractivity contribution in [3.63, 3.8) is 0 Å². The summed E-state index contributed by atoms with van der Waals surface area (Å²) in [5, 5.41) is 3.21. The lowest BCUT2D eigenvalue weighted by atomic mass is 9.80. The third-order valence-electron chi connectivity index (χ3n) is 3.72. The summed E-state index contributed by atoms with van der Waals surface area (Å²) in [6.45, 7) is 8.78. The van der Waals surface area contributed by atoms with Crippen molar-refractivity contribution < 1.29 is 4.79 Å². The van der Waals surface area contributed by atoms with Crippen molar-refractivity contribution in [2.24, 2.45) is 5.92 Å². The fourth-order valence-electron chi connectivity index (χ4n) is 2.36. The molecule has 1 rings (SSSR count). The summed E-state index contributed by atoms with van der Waals surface area (Å²) in [6, 6.07) is 0. The van der Waals surface area contributed by atoms with Gasteiger partial charge in [-0.15, -0.1) is 0 Å². The first kappa shape index (κ1) is 14.3. The third-order valence-corrected chi connectivity index (χ3v) is 3.72. The summed E-state index contributed by atoms with van der Waals surface area (Å²) < 4.78 is 0. The summed E-state index contributed by atoms with van der Waals surface area (Å²) >= 11 is 0. The molecule has 1 amide bonds. The molecule has 0 heterocycles. The Morgan fingerprint density at radius 1 is 1.53 bits per heavy atom. The van der Waals surface area contributed by atoms with Gasteiger partial charge < -0.3 is 5.32 Å². The largest absolute Gasteiger partial charge is 0.351 e. The van der Waals surface area contributed by atoms with Crippen molar-refractivity contribution in [3.8, 4) is 0 Å². The predicted molar refractivity (Wildman–Crippen MR) is 72.8 cm³/mol. The summed E-state index contributed by atoms with van der Waals surface area (Å²) in [6.07, 6.45) is 8.27. The van der Waals surface area contributed by atoms with Gasteiger partial charge in [0.25, 0.3) is 0 Å². The van der Waals surface area contributed by atoms with Crippen LogP contribution in [0.25, 0.3) is 0 Å². The number of allylic oxidation sites excluding steroid dienone is 1. The molecule has 0 aliphatic heterocycles. The number of amides is 1. The smallest absolute Gasteiger partial charge is 0.220 e. The second-order valence-corrected chi connectivity index (χ2v) is 5.85. The highest BCUT2D eigenvalue weighted by Crippen LogP contribution is 2.30. The monoisotopic (exact) mass is 237 g/mol. The molecule has 17 heavy (non-hydrogen) atoms. The maximum atomic E-state index is 11.8. The molecule has 0 bridgehead atoms. The average Bonchev–Trinajstić information content (AvgIpc) is 2.26. The Morgan fingerprint density at radius 3 is 2.71 bits per heavy atom. The van der Waals surface area contributed by atoms with E-state index in [0.29, 0.717) is 12.3 Å². The Morgan fingerprint density at radius 2 is 2.24 bits per heavy atom. The first-order valence-electron chi connectivity index (χ1n) is 6.97. The average molecular weight is 237 g/mol. The van der Waals surface area contributed by atoms with E-state index in [2.05, 4.69) is 39.1 Å². The molecule has 0 aromatic rings. The Bertz CT molecular complexity index is 293. The maximum absolute atomic E-state index is 11.8. The molecular formula is C15H27NO. The van der Waals surface area contributed by atoms with E-state index in [1.807, 2.05) is 0 Å². The molecule has 2 nitrogen and oxygen atoms in total. The number of unbranched alkanes of at least 4 members (excludes halogenated alkanes) is 1. The Balaban J connectivity index is 2.47. The molecule has 2 heteroatoms. The second-order valence-electron chi connectivity index (χ2n) is 5.85. The van der Waals surface area contributed by atoms with E-state index in [0.717, 1.165) is 32.1 Å². The fraction of sp³-hybridized carbons (Fsp3) is 0.800. The van der Waals surface area contributed by atoms with E-state index in [-0.39, 0.29) is 11.4 Å². The molecule has 0 radical (unpaired) electrons. The van der Waals surface area contributed by atoms with Crippen LogP contribution in [0.15, 0.2) is 11.6 Å². The zero-order valence-electron chi connectivity index (χ0n) is 11.8. The molecule has 1 aliphatic rings. The normalized spacial score (nSPS) is 24.6. The van der Waals surface area contributed by atoms with Gasteiger partial charge in [-0.25, -0.2) is 0 Å². The number of carbonyl (C=O) groups excluding carboxylic acids is 1. The minimum Gasteiger partial charge on any atom is -0.351 e. The molecule has 1 N–H and O–H groups in total. The van der Waals surface area contributed by atoms with E-state index >= 15 is 0 Å². The first-order valence-corrected chi connectivity index (χ1v) is 6.97. The third kappa shape index (κ3) is 4.53. The summed E-state index contributed by atoms with van der Waals surface area (Å²) in [4.78, 5) is 11.8. The van der Waals surface area contributed by atoms with Gasteiger partial charge in [0.05, 0.1) is 0 Å². The van der Waals surface area contributed by atoms with E-state index in [4.69, 9.17) is 0 Å². The SMILES string of the molecule is CCCCC(=O)NC1(C)CC=C(C(C)C)CC1. The van der Waals surface area contributed by atoms with Crippen LogP contribution in [-0.4, -0.2) is 11.4 Å². The number of hydrogen-bond donors (Lipinski definition) is 1. The van der Waals surface area contributed by atoms with Crippen LogP contribution in [0.2, 0.25) is 0 Å². The van der Waals surface area contributed by atoms with Crippen LogP contribution in [0.5, 0.6) is 0 Å². The van der Waals surface area contributed by atoms with Gasteiger partial charge in [-0.05, 0) is 38.5 Å². The van der Waals surface area contributed by atoms with Crippen LogP contribution in [-0.2, 0) is 4.79 Å². The number of hydrogen-bond acceptors (Lipinski definition) is 1. The van der Waals surface area contributed by atoms with Crippen molar-refractivity contribution in [2.75, 3.05) is 0 Å². The molecule has 1 aliphatic carbocycles. The number of rotatable bonds is 5. The second kappa shape index (κ2) is 6.23. The molecule has 0 fully saturated rings. The number of nitrogens with one attached hydrogen (secondary N) is 1. The van der Waals surface area contributed by atoms with Gasteiger partial charge in [0, 0.05) is 12.0 Å². The molecule has 0 aromatic carbocycles. The van der Waals surface area contributed by atoms with Gasteiger partial charge in [0.1, 0.15) is 0 Å². The Hall–Kier alpha value is -0.790. The molecule has 0 aromatic heterocycles. The molecule has 98 valence electrons. The summed E-state index contributed by atoms with van der Waals surface area (Å²) in [7, 11) is 0. The lowest BCUT2D eigenvalue weighted by Gasteiger charge is -2.35. The molecule has 1 unspecified atom stereocenters. The molecule has 1 atom stereocenters. The van der Waals surface area contributed by atoms with Crippen molar-refractivity contribution in [3.05, 3.63) is 11.6 Å². The highest BCUT2D eigenvalue weighted by molar-refractivity contribution is 5.76. The van der Waals surface area contributed by atoms with E-state index < -0.39 is 0 Å².